The van der Waals surface area contributed by atoms with Crippen LogP contribution in [0.1, 0.15) is 66.7 Å². The maximum absolute atomic E-state index is 13.2. The van der Waals surface area contributed by atoms with E-state index in [4.69, 9.17) is 4.74 Å². The molecule has 0 bridgehead atoms. The first-order valence-electron chi connectivity index (χ1n) is 14.4. The van der Waals surface area contributed by atoms with Crippen LogP contribution in [0.5, 0.6) is 0 Å². The number of hydrogen-bond acceptors (Lipinski definition) is 6. The summed E-state index contributed by atoms with van der Waals surface area (Å²) in [6, 6.07) is 12.2. The third kappa shape index (κ3) is 4.16. The zero-order valence-electron chi connectivity index (χ0n) is 22.6. The molecule has 3 fully saturated rings. The Bertz CT molecular complexity index is 1830. The number of hydrogen-bond donors (Lipinski definition) is 2. The second-order valence-electron chi connectivity index (χ2n) is 12.0. The number of carbonyl (C=O) groups excluding carboxylic acids is 1. The molecule has 2 N–H and O–H groups in total. The number of imidazole rings is 1. The molecular formula is C31H31N7O3. The molecule has 1 aliphatic heterocycles. The molecule has 208 valence electrons. The first kappa shape index (κ1) is 24.5. The van der Waals surface area contributed by atoms with Gasteiger partial charge in [0.25, 0.3) is 11.5 Å². The Hall–Kier alpha value is -4.31. The van der Waals surface area contributed by atoms with E-state index >= 15 is 0 Å². The molecule has 5 heterocycles. The molecule has 0 atom stereocenters. The number of aromatic amines is 1. The second-order valence-corrected chi connectivity index (χ2v) is 12.0. The topological polar surface area (TPSA) is 119 Å². The molecule has 10 nitrogen and oxygen atoms in total. The minimum atomic E-state index is -0.143. The lowest BCUT2D eigenvalue weighted by atomic mass is 9.49. The Morgan fingerprint density at radius 3 is 2.66 bits per heavy atom. The molecule has 1 saturated heterocycles. The first-order chi connectivity index (χ1) is 20.1. The van der Waals surface area contributed by atoms with Crippen LogP contribution in [-0.4, -0.2) is 54.5 Å². The number of fused-ring (bicyclic) bond motifs is 2. The Kier molecular flexibility index (Phi) is 5.60. The van der Waals surface area contributed by atoms with Gasteiger partial charge >= 0.3 is 0 Å². The summed E-state index contributed by atoms with van der Waals surface area (Å²) in [6.07, 6.45) is 13.5. The van der Waals surface area contributed by atoms with Crippen molar-refractivity contribution in [1.82, 2.24) is 34.7 Å². The molecule has 2 saturated carbocycles. The highest BCUT2D eigenvalue weighted by Crippen LogP contribution is 2.62. The maximum atomic E-state index is 13.2. The van der Waals surface area contributed by atoms with Crippen LogP contribution in [0, 0.1) is 5.41 Å². The third-order valence-electron chi connectivity index (χ3n) is 9.41. The number of carbonyl (C=O) groups is 1. The van der Waals surface area contributed by atoms with Crippen LogP contribution in [0.25, 0.3) is 27.5 Å². The molecular weight excluding hydrogens is 518 g/mol. The third-order valence-corrected chi connectivity index (χ3v) is 9.41. The molecule has 8 rings (SSSR count). The average Bonchev–Trinajstić information content (AvgIpc) is 3.62. The van der Waals surface area contributed by atoms with E-state index in [9.17, 15) is 9.59 Å². The van der Waals surface area contributed by atoms with Gasteiger partial charge in [-0.3, -0.25) is 18.7 Å². The van der Waals surface area contributed by atoms with Gasteiger partial charge in [-0.1, -0.05) is 18.2 Å². The van der Waals surface area contributed by atoms with Gasteiger partial charge in [-0.2, -0.15) is 10.2 Å². The summed E-state index contributed by atoms with van der Waals surface area (Å²) in [7, 11) is 0. The standard InChI is InChI=1S/C31H31N7O3/c39-29-25-4-2-1-3-24(25)28(35-36-29)20-12-31(13-20)14-22(15-31)34-30(40)26-17-32-27-11-19(5-8-37(26)27)21-16-33-38(18-21)23-6-9-41-10-7-23/h1-5,8,11,16-18,20,22-23H,6-7,9-10,12-15H2,(H,34,40)(H,36,39)/t20-,22-,31?. The molecule has 10 heteroatoms. The van der Waals surface area contributed by atoms with Gasteiger partial charge in [0.2, 0.25) is 0 Å². The highest BCUT2D eigenvalue weighted by Gasteiger charge is 2.54. The quantitative estimate of drug-likeness (QED) is 0.339. The number of H-pyrrole nitrogens is 1. The van der Waals surface area contributed by atoms with Gasteiger partial charge in [-0.15, -0.1) is 0 Å². The van der Waals surface area contributed by atoms with Crippen molar-refractivity contribution < 1.29 is 9.53 Å². The molecule has 1 amide bonds. The van der Waals surface area contributed by atoms with Crippen molar-refractivity contribution in [3.63, 3.8) is 0 Å². The van der Waals surface area contributed by atoms with E-state index in [-0.39, 0.29) is 22.9 Å². The minimum absolute atomic E-state index is 0.0957. The lowest BCUT2D eigenvalue weighted by Crippen LogP contribution is -2.55. The zero-order valence-corrected chi connectivity index (χ0v) is 22.6. The van der Waals surface area contributed by atoms with Gasteiger partial charge in [0.15, 0.2) is 0 Å². The normalized spacial score (nSPS) is 24.4. The van der Waals surface area contributed by atoms with E-state index in [1.54, 1.807) is 6.20 Å². The van der Waals surface area contributed by atoms with Crippen LogP contribution in [0.4, 0.5) is 0 Å². The smallest absolute Gasteiger partial charge is 0.272 e. The Morgan fingerprint density at radius 2 is 1.83 bits per heavy atom. The summed E-state index contributed by atoms with van der Waals surface area (Å²) in [5.74, 6) is 0.242. The van der Waals surface area contributed by atoms with Crippen LogP contribution >= 0.6 is 0 Å². The Balaban J connectivity index is 0.910. The van der Waals surface area contributed by atoms with Gasteiger partial charge < -0.3 is 10.1 Å². The van der Waals surface area contributed by atoms with Crippen LogP contribution in [0.15, 0.2) is 66.0 Å². The lowest BCUT2D eigenvalue weighted by molar-refractivity contribution is -0.0197. The fourth-order valence-corrected chi connectivity index (χ4v) is 7.27. The highest BCUT2D eigenvalue weighted by atomic mass is 16.5. The van der Waals surface area contributed by atoms with E-state index in [1.807, 2.05) is 57.9 Å². The van der Waals surface area contributed by atoms with E-state index in [1.165, 1.54) is 0 Å². The molecule has 0 radical (unpaired) electrons. The predicted octanol–water partition coefficient (Wildman–Crippen LogP) is 4.24. The average molecular weight is 550 g/mol. The lowest BCUT2D eigenvalue weighted by Gasteiger charge is -2.57. The molecule has 0 unspecified atom stereocenters. The summed E-state index contributed by atoms with van der Waals surface area (Å²) >= 11 is 0. The summed E-state index contributed by atoms with van der Waals surface area (Å²) in [6.45, 7) is 1.55. The number of ether oxygens (including phenoxy) is 1. The van der Waals surface area contributed by atoms with Crippen LogP contribution in [0.3, 0.4) is 0 Å². The van der Waals surface area contributed by atoms with Crippen molar-refractivity contribution in [1.29, 1.82) is 0 Å². The number of pyridine rings is 1. The molecule has 41 heavy (non-hydrogen) atoms. The Morgan fingerprint density at radius 1 is 1.02 bits per heavy atom. The molecule has 5 aromatic rings. The number of amides is 1. The first-order valence-corrected chi connectivity index (χ1v) is 14.4. The fraction of sp³-hybridized carbons (Fsp3) is 0.387. The molecule has 3 aliphatic rings. The molecule has 1 spiro atoms. The number of benzene rings is 1. The van der Waals surface area contributed by atoms with Crippen molar-refractivity contribution >= 4 is 22.3 Å². The second kappa shape index (κ2) is 9.37. The largest absolute Gasteiger partial charge is 0.381 e. The van der Waals surface area contributed by atoms with Crippen molar-refractivity contribution in [3.05, 3.63) is 82.9 Å². The van der Waals surface area contributed by atoms with Crippen molar-refractivity contribution in [2.75, 3.05) is 13.2 Å². The number of rotatable bonds is 5. The predicted molar refractivity (Wildman–Crippen MR) is 153 cm³/mol. The number of nitrogens with zero attached hydrogens (tertiary/aromatic N) is 5. The van der Waals surface area contributed by atoms with Crippen molar-refractivity contribution in [2.24, 2.45) is 5.41 Å². The highest BCUT2D eigenvalue weighted by molar-refractivity contribution is 5.93. The van der Waals surface area contributed by atoms with Crippen molar-refractivity contribution in [3.8, 4) is 11.1 Å². The van der Waals surface area contributed by atoms with E-state index in [0.717, 1.165) is 79.6 Å². The minimum Gasteiger partial charge on any atom is -0.381 e. The van der Waals surface area contributed by atoms with Gasteiger partial charge in [0.1, 0.15) is 11.3 Å². The summed E-state index contributed by atoms with van der Waals surface area (Å²) in [4.78, 5) is 29.9. The number of nitrogens with one attached hydrogen (secondary N) is 2. The van der Waals surface area contributed by atoms with E-state index < -0.39 is 0 Å². The molecule has 1 aromatic carbocycles. The summed E-state index contributed by atoms with van der Waals surface area (Å²) in [5, 5.41) is 16.5. The van der Waals surface area contributed by atoms with E-state index in [2.05, 4.69) is 31.8 Å². The zero-order chi connectivity index (χ0) is 27.6. The van der Waals surface area contributed by atoms with Gasteiger partial charge in [0.05, 0.1) is 29.5 Å². The Labute approximate surface area is 235 Å². The maximum Gasteiger partial charge on any atom is 0.272 e. The van der Waals surface area contributed by atoms with Gasteiger partial charge in [0, 0.05) is 48.5 Å². The number of aromatic nitrogens is 6. The fourth-order valence-electron chi connectivity index (χ4n) is 7.27. The molecule has 2 aliphatic carbocycles. The monoisotopic (exact) mass is 549 g/mol. The summed E-state index contributed by atoms with van der Waals surface area (Å²) in [5.41, 5.74) is 4.44. The van der Waals surface area contributed by atoms with Crippen LogP contribution in [0.2, 0.25) is 0 Å². The van der Waals surface area contributed by atoms with E-state index in [0.29, 0.717) is 23.0 Å². The van der Waals surface area contributed by atoms with Crippen molar-refractivity contribution in [2.45, 2.75) is 56.5 Å². The van der Waals surface area contributed by atoms with Crippen LogP contribution in [-0.2, 0) is 4.74 Å². The van der Waals surface area contributed by atoms with Gasteiger partial charge in [-0.05, 0) is 67.7 Å². The van der Waals surface area contributed by atoms with Crippen LogP contribution < -0.4 is 10.9 Å². The van der Waals surface area contributed by atoms with Gasteiger partial charge in [-0.25, -0.2) is 10.1 Å². The summed E-state index contributed by atoms with van der Waals surface area (Å²) < 4.78 is 9.37. The molecule has 4 aromatic heterocycles. The SMILES string of the molecule is O=C(N[C@H]1CC2(C1)C[C@H](c1n[nH]c(=O)c3ccccc31)C2)c1cnc2cc(-c3cnn(C4CCOCC4)c3)ccn12.